The summed E-state index contributed by atoms with van der Waals surface area (Å²) in [6.07, 6.45) is 0. The first-order valence-corrected chi connectivity index (χ1v) is 17.3. The maximum atomic E-state index is 10.4. The van der Waals surface area contributed by atoms with Crippen LogP contribution >= 0.6 is 22.7 Å². The fourth-order valence-electron chi connectivity index (χ4n) is 7.32. The first-order chi connectivity index (χ1) is 23.2. The Morgan fingerprint density at radius 2 is 1.00 bits per heavy atom. The van der Waals surface area contributed by atoms with Crippen molar-refractivity contribution in [1.29, 1.82) is 5.26 Å². The number of fused-ring (bicyclic) bond motifs is 9. The van der Waals surface area contributed by atoms with E-state index in [2.05, 4.69) is 144 Å². The summed E-state index contributed by atoms with van der Waals surface area (Å²) in [5, 5.41) is 17.9. The average Bonchev–Trinajstić information content (AvgIpc) is 3.78. The molecule has 3 aromatic heterocycles. The molecule has 218 valence electrons. The molecule has 0 atom stereocenters. The van der Waals surface area contributed by atoms with E-state index in [-0.39, 0.29) is 0 Å². The van der Waals surface area contributed by atoms with E-state index in [9.17, 15) is 5.26 Å². The van der Waals surface area contributed by atoms with E-state index in [4.69, 9.17) is 0 Å². The lowest BCUT2D eigenvalue weighted by Crippen LogP contribution is -1.99. The Labute approximate surface area is 278 Å². The Bertz CT molecular complexity index is 2860. The van der Waals surface area contributed by atoms with E-state index >= 15 is 0 Å². The molecule has 0 saturated heterocycles. The number of nitrogens with zero attached hydrogens (tertiary/aromatic N) is 2. The standard InChI is InChI=1S/C43H24N2S2/c44-25-29-11-8-16-38(45-36-14-6-4-12-30(36)31-13-5-7-15-37(31)45)43(29)28-18-20-40-33(22-28)35-23-34-32-21-27(26-9-2-1-3-10-26)17-19-39(32)46-41(34)24-42(35)47-40/h1-24H. The van der Waals surface area contributed by atoms with Crippen LogP contribution in [0.25, 0.3) is 90.1 Å². The zero-order chi connectivity index (χ0) is 31.1. The summed E-state index contributed by atoms with van der Waals surface area (Å²) in [5.74, 6) is 0. The molecule has 0 fully saturated rings. The third-order valence-electron chi connectivity index (χ3n) is 9.44. The van der Waals surface area contributed by atoms with Crippen molar-refractivity contribution in [3.8, 4) is 34.0 Å². The van der Waals surface area contributed by atoms with Gasteiger partial charge < -0.3 is 4.57 Å². The van der Waals surface area contributed by atoms with Gasteiger partial charge in [0.1, 0.15) is 0 Å². The third kappa shape index (κ3) is 3.95. The maximum absolute atomic E-state index is 10.4. The topological polar surface area (TPSA) is 28.7 Å². The van der Waals surface area contributed by atoms with Crippen molar-refractivity contribution in [3.05, 3.63) is 151 Å². The SMILES string of the molecule is N#Cc1cccc(-n2c3ccccc3c3ccccc32)c1-c1ccc2sc3cc4sc5ccc(-c6ccccc6)cc5c4cc3c2c1. The molecular weight excluding hydrogens is 609 g/mol. The van der Waals surface area contributed by atoms with Gasteiger partial charge in [-0.1, -0.05) is 84.9 Å². The molecule has 0 spiro atoms. The van der Waals surface area contributed by atoms with Gasteiger partial charge in [-0.25, -0.2) is 0 Å². The summed E-state index contributed by atoms with van der Waals surface area (Å²) in [5.41, 5.74) is 8.42. The van der Waals surface area contributed by atoms with Crippen molar-refractivity contribution in [1.82, 2.24) is 4.57 Å². The molecule has 47 heavy (non-hydrogen) atoms. The molecule has 3 heterocycles. The minimum atomic E-state index is 0.669. The van der Waals surface area contributed by atoms with Gasteiger partial charge in [-0.2, -0.15) is 5.26 Å². The summed E-state index contributed by atoms with van der Waals surface area (Å²) in [7, 11) is 0. The van der Waals surface area contributed by atoms with Crippen molar-refractivity contribution < 1.29 is 0 Å². The first-order valence-electron chi connectivity index (χ1n) is 15.7. The van der Waals surface area contributed by atoms with Crippen LogP contribution in [0.5, 0.6) is 0 Å². The van der Waals surface area contributed by atoms with Crippen LogP contribution in [0.2, 0.25) is 0 Å². The lowest BCUT2D eigenvalue weighted by molar-refractivity contribution is 1.18. The van der Waals surface area contributed by atoms with E-state index in [0.29, 0.717) is 5.56 Å². The van der Waals surface area contributed by atoms with E-state index in [1.54, 1.807) is 0 Å². The fourth-order valence-corrected chi connectivity index (χ4v) is 9.61. The number of benzene rings is 7. The number of thiophene rings is 2. The lowest BCUT2D eigenvalue weighted by Gasteiger charge is -2.15. The highest BCUT2D eigenvalue weighted by molar-refractivity contribution is 7.28. The van der Waals surface area contributed by atoms with Gasteiger partial charge in [0.05, 0.1) is 28.4 Å². The van der Waals surface area contributed by atoms with Crippen LogP contribution in [-0.4, -0.2) is 4.57 Å². The smallest absolute Gasteiger partial charge is 0.0998 e. The molecule has 4 heteroatoms. The van der Waals surface area contributed by atoms with Crippen LogP contribution in [-0.2, 0) is 0 Å². The van der Waals surface area contributed by atoms with Gasteiger partial charge in [0.25, 0.3) is 0 Å². The van der Waals surface area contributed by atoms with Crippen LogP contribution in [0.1, 0.15) is 5.56 Å². The number of aromatic nitrogens is 1. The molecule has 0 aliphatic rings. The second-order valence-corrected chi connectivity index (χ2v) is 14.2. The van der Waals surface area contributed by atoms with Crippen molar-refractivity contribution >= 4 is 84.8 Å². The predicted molar refractivity (Wildman–Crippen MR) is 202 cm³/mol. The molecule has 10 rings (SSSR count). The lowest BCUT2D eigenvalue weighted by atomic mass is 9.96. The quantitative estimate of drug-likeness (QED) is 0.190. The Balaban J connectivity index is 1.22. The Morgan fingerprint density at radius 1 is 0.426 bits per heavy atom. The summed E-state index contributed by atoms with van der Waals surface area (Å²) in [4.78, 5) is 0. The maximum Gasteiger partial charge on any atom is 0.0998 e. The fraction of sp³-hybridized carbons (Fsp3) is 0. The highest BCUT2D eigenvalue weighted by atomic mass is 32.1. The molecule has 0 saturated carbocycles. The summed E-state index contributed by atoms with van der Waals surface area (Å²) >= 11 is 3.71. The molecule has 0 amide bonds. The highest BCUT2D eigenvalue weighted by Crippen LogP contribution is 2.45. The molecule has 0 aliphatic heterocycles. The van der Waals surface area contributed by atoms with E-state index < -0.39 is 0 Å². The van der Waals surface area contributed by atoms with E-state index in [1.165, 1.54) is 62.2 Å². The second kappa shape index (κ2) is 10.1. The Hall–Kier alpha value is -5.73. The third-order valence-corrected chi connectivity index (χ3v) is 11.7. The van der Waals surface area contributed by atoms with Crippen molar-refractivity contribution in [2.45, 2.75) is 0 Å². The minimum Gasteiger partial charge on any atom is -0.309 e. The molecular formula is C43H24N2S2. The average molecular weight is 633 g/mol. The van der Waals surface area contributed by atoms with Crippen LogP contribution < -0.4 is 0 Å². The predicted octanol–water partition coefficient (Wildman–Crippen LogP) is 12.7. The first kappa shape index (κ1) is 26.5. The number of nitriles is 1. The number of hydrogen-bond acceptors (Lipinski definition) is 3. The van der Waals surface area contributed by atoms with Crippen molar-refractivity contribution in [2.75, 3.05) is 0 Å². The monoisotopic (exact) mass is 632 g/mol. The summed E-state index contributed by atoms with van der Waals surface area (Å²) in [6, 6.07) is 54.6. The Morgan fingerprint density at radius 3 is 1.66 bits per heavy atom. The normalized spacial score (nSPS) is 11.8. The van der Waals surface area contributed by atoms with Crippen molar-refractivity contribution in [2.24, 2.45) is 0 Å². The van der Waals surface area contributed by atoms with Gasteiger partial charge in [-0.15, -0.1) is 22.7 Å². The van der Waals surface area contributed by atoms with Gasteiger partial charge >= 0.3 is 0 Å². The van der Waals surface area contributed by atoms with Gasteiger partial charge in [-0.3, -0.25) is 0 Å². The van der Waals surface area contributed by atoms with Crippen LogP contribution in [0.3, 0.4) is 0 Å². The van der Waals surface area contributed by atoms with Crippen molar-refractivity contribution in [3.63, 3.8) is 0 Å². The molecule has 0 unspecified atom stereocenters. The molecule has 0 N–H and O–H groups in total. The number of hydrogen-bond donors (Lipinski definition) is 0. The summed E-state index contributed by atoms with van der Waals surface area (Å²) in [6.45, 7) is 0. The number of rotatable bonds is 3. The van der Waals surface area contributed by atoms with E-state index in [1.807, 2.05) is 34.8 Å². The number of para-hydroxylation sites is 2. The molecule has 10 aromatic rings. The van der Waals surface area contributed by atoms with Crippen LogP contribution in [0, 0.1) is 11.3 Å². The molecule has 0 aliphatic carbocycles. The summed E-state index contributed by atoms with van der Waals surface area (Å²) < 4.78 is 7.48. The molecule has 2 nitrogen and oxygen atoms in total. The van der Waals surface area contributed by atoms with Crippen LogP contribution in [0.4, 0.5) is 0 Å². The van der Waals surface area contributed by atoms with Gasteiger partial charge in [0.2, 0.25) is 0 Å². The second-order valence-electron chi connectivity index (χ2n) is 12.0. The molecule has 0 radical (unpaired) electrons. The van der Waals surface area contributed by atoms with Gasteiger partial charge in [0.15, 0.2) is 0 Å². The molecule has 0 bridgehead atoms. The van der Waals surface area contributed by atoms with Crippen LogP contribution in [0.15, 0.2) is 146 Å². The zero-order valence-corrected chi connectivity index (χ0v) is 26.7. The van der Waals surface area contributed by atoms with Gasteiger partial charge in [-0.05, 0) is 77.4 Å². The largest absolute Gasteiger partial charge is 0.309 e. The van der Waals surface area contributed by atoms with E-state index in [0.717, 1.165) is 27.8 Å². The zero-order valence-electron chi connectivity index (χ0n) is 25.1. The highest BCUT2D eigenvalue weighted by Gasteiger charge is 2.19. The minimum absolute atomic E-state index is 0.669. The van der Waals surface area contributed by atoms with Gasteiger partial charge in [0, 0.05) is 56.7 Å². The Kier molecular flexibility index (Phi) is 5.71. The molecule has 7 aromatic carbocycles.